The van der Waals surface area contributed by atoms with E-state index in [2.05, 4.69) is 15.6 Å². The molecule has 37 heavy (non-hydrogen) atoms. The summed E-state index contributed by atoms with van der Waals surface area (Å²) in [6.07, 6.45) is 2.24. The highest BCUT2D eigenvalue weighted by Crippen LogP contribution is 2.24. The fourth-order valence-corrected chi connectivity index (χ4v) is 4.26. The first-order chi connectivity index (χ1) is 17.8. The minimum absolute atomic E-state index is 0.00224. The Bertz CT molecular complexity index is 1230. The summed E-state index contributed by atoms with van der Waals surface area (Å²) in [4.78, 5) is 49.5. The van der Waals surface area contributed by atoms with Crippen LogP contribution in [0.15, 0.2) is 54.7 Å². The number of pyridine rings is 1. The summed E-state index contributed by atoms with van der Waals surface area (Å²) in [5, 5.41) is 10.6. The van der Waals surface area contributed by atoms with Crippen LogP contribution in [0, 0.1) is 5.92 Å². The number of carbonyl (C=O) groups is 3. The molecule has 3 aromatic rings. The number of amides is 3. The van der Waals surface area contributed by atoms with E-state index in [1.54, 1.807) is 40.9 Å². The second kappa shape index (κ2) is 11.8. The number of nitrogens with zero attached hydrogens (tertiary/aromatic N) is 5. The smallest absolute Gasteiger partial charge is 0.272 e. The molecule has 1 aliphatic rings. The number of aromatic nitrogens is 4. The third-order valence-electron chi connectivity index (χ3n) is 6.33. The Kier molecular flexibility index (Phi) is 8.27. The van der Waals surface area contributed by atoms with E-state index in [4.69, 9.17) is 10.1 Å². The molecule has 2 atom stereocenters. The SMILES string of the molecule is CC(C)[C@@H]1NC(=O)[C@@H](C)NC(=O)CCCN(C(=O)c2ccccn2)CCn2nc(-c3ccccc3)nc21. The second-order valence-electron chi connectivity index (χ2n) is 9.51. The number of fused-ring (bicyclic) bond motifs is 1. The maximum absolute atomic E-state index is 13.3. The molecule has 0 radical (unpaired) electrons. The van der Waals surface area contributed by atoms with Crippen molar-refractivity contribution < 1.29 is 14.4 Å². The van der Waals surface area contributed by atoms with Gasteiger partial charge in [0.2, 0.25) is 11.8 Å². The third kappa shape index (κ3) is 6.38. The Balaban J connectivity index is 1.72. The van der Waals surface area contributed by atoms with Gasteiger partial charge in [-0.05, 0) is 31.4 Å². The van der Waals surface area contributed by atoms with Crippen LogP contribution in [0.3, 0.4) is 0 Å². The van der Waals surface area contributed by atoms with Gasteiger partial charge in [-0.15, -0.1) is 0 Å². The molecular weight excluding hydrogens is 470 g/mol. The molecule has 3 heterocycles. The highest BCUT2D eigenvalue weighted by Gasteiger charge is 2.29. The van der Waals surface area contributed by atoms with Crippen LogP contribution < -0.4 is 10.6 Å². The van der Waals surface area contributed by atoms with Crippen LogP contribution in [0.25, 0.3) is 11.4 Å². The average Bonchev–Trinajstić information content (AvgIpc) is 3.32. The summed E-state index contributed by atoms with van der Waals surface area (Å²) in [7, 11) is 0. The molecule has 10 nitrogen and oxygen atoms in total. The zero-order chi connectivity index (χ0) is 26.4. The van der Waals surface area contributed by atoms with Crippen molar-refractivity contribution in [1.82, 2.24) is 35.3 Å². The normalized spacial score (nSPS) is 19.5. The highest BCUT2D eigenvalue weighted by atomic mass is 16.2. The number of nitrogens with one attached hydrogen (secondary N) is 2. The molecule has 0 saturated carbocycles. The van der Waals surface area contributed by atoms with Crippen molar-refractivity contribution in [2.45, 2.75) is 52.2 Å². The topological polar surface area (TPSA) is 122 Å². The summed E-state index contributed by atoms with van der Waals surface area (Å²) in [6, 6.07) is 13.7. The van der Waals surface area contributed by atoms with Crippen LogP contribution in [0.4, 0.5) is 0 Å². The average molecular weight is 504 g/mol. The molecule has 4 rings (SSSR count). The Hall–Kier alpha value is -4.08. The number of benzene rings is 1. The van der Waals surface area contributed by atoms with Crippen molar-refractivity contribution in [3.63, 3.8) is 0 Å². The molecule has 194 valence electrons. The van der Waals surface area contributed by atoms with Crippen LogP contribution in [0.5, 0.6) is 0 Å². The fourth-order valence-electron chi connectivity index (χ4n) is 4.26. The van der Waals surface area contributed by atoms with Crippen molar-refractivity contribution in [3.05, 3.63) is 66.2 Å². The van der Waals surface area contributed by atoms with Gasteiger partial charge in [0.25, 0.3) is 5.91 Å². The van der Waals surface area contributed by atoms with Crippen LogP contribution in [0.2, 0.25) is 0 Å². The lowest BCUT2D eigenvalue weighted by atomic mass is 10.0. The first-order valence-electron chi connectivity index (χ1n) is 12.6. The number of hydrogen-bond donors (Lipinski definition) is 2. The van der Waals surface area contributed by atoms with E-state index >= 15 is 0 Å². The summed E-state index contributed by atoms with van der Waals surface area (Å²) >= 11 is 0. The minimum Gasteiger partial charge on any atom is -0.345 e. The van der Waals surface area contributed by atoms with Gasteiger partial charge in [0.05, 0.1) is 12.6 Å². The fraction of sp³-hybridized carbons (Fsp3) is 0.407. The van der Waals surface area contributed by atoms with Crippen LogP contribution in [-0.2, 0) is 16.1 Å². The van der Waals surface area contributed by atoms with E-state index in [0.29, 0.717) is 43.4 Å². The molecule has 0 bridgehead atoms. The Morgan fingerprint density at radius 2 is 1.76 bits per heavy atom. The molecule has 0 saturated heterocycles. The molecule has 0 unspecified atom stereocenters. The van der Waals surface area contributed by atoms with Crippen molar-refractivity contribution in [2.75, 3.05) is 13.1 Å². The maximum Gasteiger partial charge on any atom is 0.272 e. The number of hydrogen-bond acceptors (Lipinski definition) is 6. The molecule has 1 aliphatic heterocycles. The maximum atomic E-state index is 13.3. The van der Waals surface area contributed by atoms with Crippen LogP contribution in [0.1, 0.15) is 56.0 Å². The van der Waals surface area contributed by atoms with Crippen molar-refractivity contribution in [3.8, 4) is 11.4 Å². The van der Waals surface area contributed by atoms with Gasteiger partial charge in [-0.1, -0.05) is 50.2 Å². The second-order valence-corrected chi connectivity index (χ2v) is 9.51. The van der Waals surface area contributed by atoms with E-state index in [0.717, 1.165) is 5.56 Å². The van der Waals surface area contributed by atoms with Gasteiger partial charge in [0.15, 0.2) is 11.6 Å². The van der Waals surface area contributed by atoms with E-state index in [1.165, 1.54) is 0 Å². The van der Waals surface area contributed by atoms with E-state index in [1.807, 2.05) is 44.2 Å². The van der Waals surface area contributed by atoms with E-state index in [9.17, 15) is 14.4 Å². The largest absolute Gasteiger partial charge is 0.345 e. The van der Waals surface area contributed by atoms with Gasteiger partial charge in [0.1, 0.15) is 11.7 Å². The predicted octanol–water partition coefficient (Wildman–Crippen LogP) is 2.59. The molecule has 2 aromatic heterocycles. The Morgan fingerprint density at radius 1 is 1.00 bits per heavy atom. The Morgan fingerprint density at radius 3 is 2.46 bits per heavy atom. The van der Waals surface area contributed by atoms with E-state index < -0.39 is 12.1 Å². The van der Waals surface area contributed by atoms with Gasteiger partial charge in [-0.2, -0.15) is 5.10 Å². The summed E-state index contributed by atoms with van der Waals surface area (Å²) in [5.74, 6) is 0.414. The lowest BCUT2D eigenvalue weighted by Gasteiger charge is -2.27. The van der Waals surface area contributed by atoms with Gasteiger partial charge < -0.3 is 15.5 Å². The molecule has 1 aromatic carbocycles. The standard InChI is InChI=1S/C27H33N7O3/c1-18(2)23-25-31-24(20-10-5-4-6-11-20)32-34(25)17-16-33(27(37)21-12-7-8-14-28-21)15-9-13-22(35)29-19(3)26(36)30-23/h4-8,10-12,14,18-19,23H,9,13,15-17H2,1-3H3,(H,29,35)(H,30,36)/t19-,23+/m1/s1. The zero-order valence-corrected chi connectivity index (χ0v) is 21.4. The molecule has 0 fully saturated rings. The van der Waals surface area contributed by atoms with Gasteiger partial charge in [-0.3, -0.25) is 19.4 Å². The summed E-state index contributed by atoms with van der Waals surface area (Å²) in [5.41, 5.74) is 1.20. The van der Waals surface area contributed by atoms with Crippen molar-refractivity contribution in [1.29, 1.82) is 0 Å². The molecule has 2 N–H and O–H groups in total. The molecule has 0 spiro atoms. The molecule has 10 heteroatoms. The quantitative estimate of drug-likeness (QED) is 0.567. The predicted molar refractivity (Wildman–Crippen MR) is 138 cm³/mol. The highest BCUT2D eigenvalue weighted by molar-refractivity contribution is 5.92. The summed E-state index contributed by atoms with van der Waals surface area (Å²) < 4.78 is 1.78. The summed E-state index contributed by atoms with van der Waals surface area (Å²) in [6.45, 7) is 6.73. The van der Waals surface area contributed by atoms with Crippen LogP contribution >= 0.6 is 0 Å². The van der Waals surface area contributed by atoms with Crippen LogP contribution in [-0.4, -0.2) is 61.5 Å². The van der Waals surface area contributed by atoms with Crippen molar-refractivity contribution >= 4 is 17.7 Å². The minimum atomic E-state index is -0.715. The van der Waals surface area contributed by atoms with E-state index in [-0.39, 0.29) is 30.1 Å². The molecular formula is C27H33N7O3. The van der Waals surface area contributed by atoms with Gasteiger partial charge in [0, 0.05) is 31.3 Å². The monoisotopic (exact) mass is 503 g/mol. The number of rotatable bonds is 3. The molecule has 0 aliphatic carbocycles. The lowest BCUT2D eigenvalue weighted by molar-refractivity contribution is -0.129. The molecule has 3 amide bonds. The number of carbonyl (C=O) groups excluding carboxylic acids is 3. The van der Waals surface area contributed by atoms with Gasteiger partial charge in [-0.25, -0.2) is 9.67 Å². The van der Waals surface area contributed by atoms with Crippen molar-refractivity contribution in [2.24, 2.45) is 5.92 Å². The van der Waals surface area contributed by atoms with Gasteiger partial charge >= 0.3 is 0 Å². The third-order valence-corrected chi connectivity index (χ3v) is 6.33. The Labute approximate surface area is 216 Å². The first-order valence-corrected chi connectivity index (χ1v) is 12.6. The zero-order valence-electron chi connectivity index (χ0n) is 21.4. The lowest BCUT2D eigenvalue weighted by Crippen LogP contribution is -2.47. The first kappa shape index (κ1) is 26.0.